The number of aromatic nitrogens is 3. The smallest absolute Gasteiger partial charge is 0.138 e. The summed E-state index contributed by atoms with van der Waals surface area (Å²) < 4.78 is 1.81. The molecule has 0 spiro atoms. The summed E-state index contributed by atoms with van der Waals surface area (Å²) in [5.74, 6) is 3.61. The van der Waals surface area contributed by atoms with Crippen molar-refractivity contribution in [3.05, 3.63) is 12.2 Å². The predicted octanol–water partition coefficient (Wildman–Crippen LogP) is 0.643. The van der Waals surface area contributed by atoms with E-state index in [1.54, 1.807) is 11.0 Å². The molecule has 1 aromatic heterocycles. The van der Waals surface area contributed by atoms with Gasteiger partial charge in [-0.2, -0.15) is 16.9 Å². The van der Waals surface area contributed by atoms with E-state index in [1.165, 1.54) is 0 Å². The van der Waals surface area contributed by atoms with Crippen molar-refractivity contribution in [3.63, 3.8) is 0 Å². The van der Waals surface area contributed by atoms with Crippen molar-refractivity contribution in [3.8, 4) is 0 Å². The minimum Gasteiger partial charge on any atom is -0.330 e. The lowest BCUT2D eigenvalue weighted by Crippen LogP contribution is -2.13. The van der Waals surface area contributed by atoms with Gasteiger partial charge in [0.1, 0.15) is 12.2 Å². The highest BCUT2D eigenvalue weighted by Gasteiger charge is 2.02. The molecule has 0 saturated heterocycles. The van der Waals surface area contributed by atoms with Crippen molar-refractivity contribution in [2.75, 3.05) is 12.3 Å². The lowest BCUT2D eigenvalue weighted by atomic mass is 10.2. The van der Waals surface area contributed by atoms with Crippen molar-refractivity contribution in [2.24, 2.45) is 18.7 Å². The molecule has 1 atom stereocenters. The van der Waals surface area contributed by atoms with Crippen LogP contribution >= 0.6 is 11.8 Å². The van der Waals surface area contributed by atoms with E-state index in [4.69, 9.17) is 5.73 Å². The van der Waals surface area contributed by atoms with Crippen molar-refractivity contribution in [2.45, 2.75) is 12.7 Å². The lowest BCUT2D eigenvalue weighted by molar-refractivity contribution is 0.674. The van der Waals surface area contributed by atoms with Gasteiger partial charge in [-0.05, 0) is 18.2 Å². The van der Waals surface area contributed by atoms with Crippen LogP contribution in [0.25, 0.3) is 0 Å². The van der Waals surface area contributed by atoms with Crippen LogP contribution in [0.4, 0.5) is 0 Å². The third-order valence-electron chi connectivity index (χ3n) is 1.84. The second kappa shape index (κ2) is 5.24. The van der Waals surface area contributed by atoms with Gasteiger partial charge in [0.25, 0.3) is 0 Å². The summed E-state index contributed by atoms with van der Waals surface area (Å²) in [5, 5.41) is 4.00. The first-order valence-electron chi connectivity index (χ1n) is 4.34. The molecule has 0 aliphatic rings. The molecule has 0 fully saturated rings. The Balaban J connectivity index is 2.24. The second-order valence-corrected chi connectivity index (χ2v) is 4.19. The molecule has 0 aliphatic heterocycles. The summed E-state index contributed by atoms with van der Waals surface area (Å²) in [5.41, 5.74) is 5.51. The van der Waals surface area contributed by atoms with Crippen LogP contribution in [0.3, 0.4) is 0 Å². The van der Waals surface area contributed by atoms with Gasteiger partial charge in [-0.1, -0.05) is 6.92 Å². The fraction of sp³-hybridized carbons (Fsp3) is 0.750. The Kier molecular flexibility index (Phi) is 4.24. The predicted molar refractivity (Wildman–Crippen MR) is 55.4 cm³/mol. The van der Waals surface area contributed by atoms with E-state index in [0.29, 0.717) is 5.92 Å². The fourth-order valence-electron chi connectivity index (χ4n) is 0.870. The van der Waals surface area contributed by atoms with Crippen molar-refractivity contribution in [1.29, 1.82) is 0 Å². The molecule has 0 radical (unpaired) electrons. The zero-order valence-electron chi connectivity index (χ0n) is 8.10. The summed E-state index contributed by atoms with van der Waals surface area (Å²) >= 11 is 1.85. The lowest BCUT2D eigenvalue weighted by Gasteiger charge is -2.06. The largest absolute Gasteiger partial charge is 0.330 e. The van der Waals surface area contributed by atoms with Gasteiger partial charge in [0.15, 0.2) is 0 Å². The first-order valence-corrected chi connectivity index (χ1v) is 5.50. The minimum atomic E-state index is 0.582. The number of thioether (sulfide) groups is 1. The van der Waals surface area contributed by atoms with E-state index in [-0.39, 0.29) is 0 Å². The molecule has 0 saturated carbocycles. The maximum absolute atomic E-state index is 5.51. The average Bonchev–Trinajstić information content (AvgIpc) is 2.52. The molecule has 0 aliphatic carbocycles. The Bertz CT molecular complexity index is 248. The minimum absolute atomic E-state index is 0.582. The molecule has 0 aromatic carbocycles. The maximum Gasteiger partial charge on any atom is 0.138 e. The van der Waals surface area contributed by atoms with Crippen molar-refractivity contribution < 1.29 is 0 Å². The van der Waals surface area contributed by atoms with Crippen LogP contribution in [0.1, 0.15) is 12.7 Å². The number of nitrogens with two attached hydrogens (primary N) is 1. The van der Waals surface area contributed by atoms with Crippen molar-refractivity contribution >= 4 is 11.8 Å². The van der Waals surface area contributed by atoms with E-state index in [1.807, 2.05) is 18.8 Å². The standard InChI is InChI=1S/C8H16N4S/c1-7(3-9)4-13-5-8-10-6-11-12(8)2/h6-7H,3-5,9H2,1-2H3. The van der Waals surface area contributed by atoms with E-state index < -0.39 is 0 Å². The Morgan fingerprint density at radius 2 is 2.46 bits per heavy atom. The Labute approximate surface area is 82.9 Å². The van der Waals surface area contributed by atoms with Crippen LogP contribution in [0.15, 0.2) is 6.33 Å². The second-order valence-electron chi connectivity index (χ2n) is 3.16. The van der Waals surface area contributed by atoms with Crippen LogP contribution in [0.5, 0.6) is 0 Å². The third-order valence-corrected chi connectivity index (χ3v) is 3.11. The van der Waals surface area contributed by atoms with Crippen LogP contribution in [-0.4, -0.2) is 27.1 Å². The number of nitrogens with zero attached hydrogens (tertiary/aromatic N) is 3. The molecule has 13 heavy (non-hydrogen) atoms. The molecule has 5 heteroatoms. The monoisotopic (exact) mass is 200 g/mol. The van der Waals surface area contributed by atoms with Crippen LogP contribution < -0.4 is 5.73 Å². The molecule has 1 rings (SSSR count). The average molecular weight is 200 g/mol. The molecule has 1 heterocycles. The Morgan fingerprint density at radius 3 is 3.00 bits per heavy atom. The normalized spacial score (nSPS) is 13.2. The molecule has 0 amide bonds. The van der Waals surface area contributed by atoms with Gasteiger partial charge in [0, 0.05) is 7.05 Å². The highest BCUT2D eigenvalue weighted by atomic mass is 32.2. The fourth-order valence-corrected chi connectivity index (χ4v) is 1.97. The zero-order valence-corrected chi connectivity index (χ0v) is 8.92. The first-order chi connectivity index (χ1) is 6.24. The van der Waals surface area contributed by atoms with Gasteiger partial charge in [-0.25, -0.2) is 4.98 Å². The van der Waals surface area contributed by atoms with E-state index in [2.05, 4.69) is 17.0 Å². The summed E-state index contributed by atoms with van der Waals surface area (Å²) in [7, 11) is 1.91. The summed E-state index contributed by atoms with van der Waals surface area (Å²) in [6.07, 6.45) is 1.59. The van der Waals surface area contributed by atoms with Crippen molar-refractivity contribution in [1.82, 2.24) is 14.8 Å². The van der Waals surface area contributed by atoms with Gasteiger partial charge < -0.3 is 5.73 Å². The van der Waals surface area contributed by atoms with Gasteiger partial charge in [0.2, 0.25) is 0 Å². The number of aryl methyl sites for hydroxylation is 1. The van der Waals surface area contributed by atoms with E-state index in [9.17, 15) is 0 Å². The molecular formula is C8H16N4S. The van der Waals surface area contributed by atoms with E-state index >= 15 is 0 Å². The summed E-state index contributed by atoms with van der Waals surface area (Å²) in [6.45, 7) is 2.91. The van der Waals surface area contributed by atoms with E-state index in [0.717, 1.165) is 23.9 Å². The highest BCUT2D eigenvalue weighted by Crippen LogP contribution is 2.12. The van der Waals surface area contributed by atoms with Crippen LogP contribution in [0, 0.1) is 5.92 Å². The molecular weight excluding hydrogens is 184 g/mol. The number of hydrogen-bond acceptors (Lipinski definition) is 4. The van der Waals surface area contributed by atoms with Crippen LogP contribution in [-0.2, 0) is 12.8 Å². The molecule has 0 bridgehead atoms. The molecule has 2 N–H and O–H groups in total. The van der Waals surface area contributed by atoms with Gasteiger partial charge >= 0.3 is 0 Å². The quantitative estimate of drug-likeness (QED) is 0.758. The Morgan fingerprint density at radius 1 is 1.69 bits per heavy atom. The van der Waals surface area contributed by atoms with Gasteiger partial charge in [0.05, 0.1) is 5.75 Å². The molecule has 4 nitrogen and oxygen atoms in total. The first kappa shape index (κ1) is 10.5. The molecule has 74 valence electrons. The van der Waals surface area contributed by atoms with Crippen LogP contribution in [0.2, 0.25) is 0 Å². The topological polar surface area (TPSA) is 56.7 Å². The Hall–Kier alpha value is -0.550. The third kappa shape index (κ3) is 3.36. The molecule has 1 unspecified atom stereocenters. The zero-order chi connectivity index (χ0) is 9.68. The highest BCUT2D eigenvalue weighted by molar-refractivity contribution is 7.98. The SMILES string of the molecule is CC(CN)CSCc1ncnn1C. The summed E-state index contributed by atoms with van der Waals surface area (Å²) in [4.78, 5) is 4.14. The summed E-state index contributed by atoms with van der Waals surface area (Å²) in [6, 6.07) is 0. The molecule has 1 aromatic rings. The maximum atomic E-state index is 5.51. The number of hydrogen-bond donors (Lipinski definition) is 1. The van der Waals surface area contributed by atoms with Gasteiger partial charge in [-0.3, -0.25) is 4.68 Å². The van der Waals surface area contributed by atoms with Gasteiger partial charge in [-0.15, -0.1) is 0 Å². The number of rotatable bonds is 5.